The van der Waals surface area contributed by atoms with E-state index in [4.69, 9.17) is 0 Å². The predicted octanol–water partition coefficient (Wildman–Crippen LogP) is 3.33. The Hall–Kier alpha value is -0.780. The molecular weight excluding hydrogens is 294 g/mol. The molecule has 0 aliphatic heterocycles. The molecule has 0 fully saturated rings. The fourth-order valence-corrected chi connectivity index (χ4v) is 0.513. The molecule has 0 spiro atoms. The van der Waals surface area contributed by atoms with Crippen LogP contribution in [-0.2, 0) is 9.47 Å². The number of halogens is 10. The van der Waals surface area contributed by atoms with E-state index >= 15 is 0 Å². The molecule has 0 unspecified atom stereocenters. The SMILES string of the molecule is FC(F)(F)COC(F)(F)C(F)(F)OCC(F)(F)F. The first-order valence-electron chi connectivity index (χ1n) is 3.83. The highest BCUT2D eigenvalue weighted by Crippen LogP contribution is 2.38. The predicted molar refractivity (Wildman–Crippen MR) is 33.9 cm³/mol. The Labute approximate surface area is 92.4 Å². The van der Waals surface area contributed by atoms with Gasteiger partial charge in [-0.3, -0.25) is 0 Å². The summed E-state index contributed by atoms with van der Waals surface area (Å²) in [4.78, 5) is 0. The summed E-state index contributed by atoms with van der Waals surface area (Å²) < 4.78 is 123. The minimum Gasteiger partial charge on any atom is -0.304 e. The van der Waals surface area contributed by atoms with Crippen molar-refractivity contribution in [2.45, 2.75) is 24.6 Å². The van der Waals surface area contributed by atoms with Crippen LogP contribution in [0.4, 0.5) is 43.9 Å². The Morgan fingerprint density at radius 1 is 0.500 bits per heavy atom. The Morgan fingerprint density at radius 3 is 0.889 bits per heavy atom. The van der Waals surface area contributed by atoms with Gasteiger partial charge in [-0.05, 0) is 0 Å². The summed E-state index contributed by atoms with van der Waals surface area (Å²) >= 11 is 0. The highest BCUT2D eigenvalue weighted by Gasteiger charge is 2.62. The van der Waals surface area contributed by atoms with Crippen LogP contribution in [0.3, 0.4) is 0 Å². The molecule has 0 atom stereocenters. The van der Waals surface area contributed by atoms with Gasteiger partial charge in [0.2, 0.25) is 0 Å². The second kappa shape index (κ2) is 5.07. The second-order valence-corrected chi connectivity index (χ2v) is 2.84. The van der Waals surface area contributed by atoms with E-state index in [2.05, 4.69) is 9.47 Å². The summed E-state index contributed by atoms with van der Waals surface area (Å²) in [5.74, 6) is 0. The standard InChI is InChI=1S/C6H4F10O2/c7-3(8,9)1-17-5(13,14)6(15,16)18-2-4(10,11)12/h1-2H2. The van der Waals surface area contributed by atoms with Crippen molar-refractivity contribution in [3.05, 3.63) is 0 Å². The van der Waals surface area contributed by atoms with Crippen LogP contribution in [0.25, 0.3) is 0 Å². The summed E-state index contributed by atoms with van der Waals surface area (Å²) in [6.45, 7) is -5.55. The van der Waals surface area contributed by atoms with E-state index in [-0.39, 0.29) is 0 Å². The molecule has 0 aromatic carbocycles. The molecule has 0 aromatic rings. The van der Waals surface area contributed by atoms with Crippen LogP contribution in [0, 0.1) is 0 Å². The van der Waals surface area contributed by atoms with Gasteiger partial charge in [0.1, 0.15) is 13.2 Å². The average Bonchev–Trinajstić information content (AvgIpc) is 2.10. The number of hydrogen-bond acceptors (Lipinski definition) is 2. The molecule has 0 saturated heterocycles. The summed E-state index contributed by atoms with van der Waals surface area (Å²) in [7, 11) is 0. The van der Waals surface area contributed by atoms with Gasteiger partial charge in [-0.25, -0.2) is 0 Å². The van der Waals surface area contributed by atoms with E-state index in [9.17, 15) is 43.9 Å². The molecule has 0 aromatic heterocycles. The van der Waals surface area contributed by atoms with Crippen LogP contribution in [0.1, 0.15) is 0 Å². The fraction of sp³-hybridized carbons (Fsp3) is 1.00. The molecule has 0 saturated carbocycles. The lowest BCUT2D eigenvalue weighted by Gasteiger charge is -2.26. The molecule has 0 radical (unpaired) electrons. The molecule has 0 bridgehead atoms. The van der Waals surface area contributed by atoms with Crippen LogP contribution in [0.5, 0.6) is 0 Å². The zero-order chi connectivity index (χ0) is 14.8. The van der Waals surface area contributed by atoms with Crippen molar-refractivity contribution in [1.82, 2.24) is 0 Å². The molecule has 12 heteroatoms. The lowest BCUT2D eigenvalue weighted by Crippen LogP contribution is -2.47. The molecule has 18 heavy (non-hydrogen) atoms. The van der Waals surface area contributed by atoms with Crippen LogP contribution < -0.4 is 0 Å². The number of rotatable bonds is 5. The van der Waals surface area contributed by atoms with Crippen molar-refractivity contribution in [1.29, 1.82) is 0 Å². The minimum atomic E-state index is -5.85. The highest BCUT2D eigenvalue weighted by molar-refractivity contribution is 4.68. The van der Waals surface area contributed by atoms with Gasteiger partial charge in [0, 0.05) is 0 Å². The van der Waals surface area contributed by atoms with Crippen molar-refractivity contribution < 1.29 is 53.4 Å². The zero-order valence-corrected chi connectivity index (χ0v) is 8.01. The third kappa shape index (κ3) is 6.23. The first kappa shape index (κ1) is 17.2. The maximum atomic E-state index is 12.3. The molecule has 0 rings (SSSR count). The van der Waals surface area contributed by atoms with E-state index in [1.165, 1.54) is 0 Å². The summed E-state index contributed by atoms with van der Waals surface area (Å²) in [5, 5.41) is 0. The Balaban J connectivity index is 4.55. The maximum absolute atomic E-state index is 12.3. The van der Waals surface area contributed by atoms with Crippen molar-refractivity contribution in [3.63, 3.8) is 0 Å². The summed E-state index contributed by atoms with van der Waals surface area (Å²) in [5.41, 5.74) is 0. The van der Waals surface area contributed by atoms with Crippen LogP contribution in [-0.4, -0.2) is 37.8 Å². The van der Waals surface area contributed by atoms with Gasteiger partial charge in [-0.1, -0.05) is 0 Å². The van der Waals surface area contributed by atoms with E-state index < -0.39 is 37.8 Å². The Kier molecular flexibility index (Phi) is 4.85. The molecule has 0 aliphatic rings. The van der Waals surface area contributed by atoms with E-state index in [1.54, 1.807) is 0 Å². The lowest BCUT2D eigenvalue weighted by molar-refractivity contribution is -0.447. The van der Waals surface area contributed by atoms with Crippen LogP contribution in [0.15, 0.2) is 0 Å². The normalized spacial score (nSPS) is 15.0. The monoisotopic (exact) mass is 298 g/mol. The van der Waals surface area contributed by atoms with Gasteiger partial charge in [-0.15, -0.1) is 0 Å². The average molecular weight is 298 g/mol. The van der Waals surface area contributed by atoms with Crippen molar-refractivity contribution in [3.8, 4) is 0 Å². The van der Waals surface area contributed by atoms with Gasteiger partial charge in [-0.2, -0.15) is 43.9 Å². The minimum absolute atomic E-state index is 2.52. The highest BCUT2D eigenvalue weighted by atomic mass is 19.4. The van der Waals surface area contributed by atoms with Crippen molar-refractivity contribution in [2.75, 3.05) is 13.2 Å². The maximum Gasteiger partial charge on any atom is 0.448 e. The second-order valence-electron chi connectivity index (χ2n) is 2.84. The van der Waals surface area contributed by atoms with E-state index in [0.717, 1.165) is 0 Å². The molecule has 0 heterocycles. The van der Waals surface area contributed by atoms with Crippen LogP contribution >= 0.6 is 0 Å². The van der Waals surface area contributed by atoms with Crippen molar-refractivity contribution in [2.24, 2.45) is 0 Å². The summed E-state index contributed by atoms with van der Waals surface area (Å²) in [6, 6.07) is 0. The Bertz CT molecular complexity index is 239. The number of ether oxygens (including phenoxy) is 2. The first-order valence-corrected chi connectivity index (χ1v) is 3.83. The molecule has 0 amide bonds. The Morgan fingerprint density at radius 2 is 0.722 bits per heavy atom. The fourth-order valence-electron chi connectivity index (χ4n) is 0.513. The van der Waals surface area contributed by atoms with Gasteiger partial charge in [0.25, 0.3) is 0 Å². The summed E-state index contributed by atoms with van der Waals surface area (Å²) in [6.07, 6.45) is -22.4. The van der Waals surface area contributed by atoms with E-state index in [0.29, 0.717) is 0 Å². The van der Waals surface area contributed by atoms with Gasteiger partial charge in [0.05, 0.1) is 0 Å². The molecule has 0 N–H and O–H groups in total. The third-order valence-corrected chi connectivity index (χ3v) is 1.17. The topological polar surface area (TPSA) is 18.5 Å². The largest absolute Gasteiger partial charge is 0.448 e. The van der Waals surface area contributed by atoms with Crippen LogP contribution in [0.2, 0.25) is 0 Å². The van der Waals surface area contributed by atoms with Gasteiger partial charge >= 0.3 is 24.6 Å². The molecule has 110 valence electrons. The number of alkyl halides is 10. The smallest absolute Gasteiger partial charge is 0.304 e. The molecular formula is C6H4F10O2. The lowest BCUT2D eigenvalue weighted by atomic mass is 10.5. The van der Waals surface area contributed by atoms with E-state index in [1.807, 2.05) is 0 Å². The number of hydrogen-bond donors (Lipinski definition) is 0. The zero-order valence-electron chi connectivity index (χ0n) is 8.01. The first-order chi connectivity index (χ1) is 7.66. The molecule has 0 aliphatic carbocycles. The quantitative estimate of drug-likeness (QED) is 0.725. The third-order valence-electron chi connectivity index (χ3n) is 1.17. The van der Waals surface area contributed by atoms with Gasteiger partial charge < -0.3 is 9.47 Å². The molecule has 2 nitrogen and oxygen atoms in total. The van der Waals surface area contributed by atoms with Crippen molar-refractivity contribution >= 4 is 0 Å². The van der Waals surface area contributed by atoms with Gasteiger partial charge in [0.15, 0.2) is 0 Å².